The molecule has 1 N–H and O–H groups in total. The van der Waals surface area contributed by atoms with Crippen molar-refractivity contribution in [2.75, 3.05) is 53.2 Å². The standard InChI is InChI=1S/C13H29NO3/c1-13(2)12-17-9-5-7-14-6-4-8-16-11-10-15-3/h13-14H,4-12H2,1-3H3. The van der Waals surface area contributed by atoms with Gasteiger partial charge in [0, 0.05) is 26.9 Å². The van der Waals surface area contributed by atoms with Gasteiger partial charge < -0.3 is 19.5 Å². The predicted octanol–water partition coefficient (Wildman–Crippen LogP) is 1.69. The zero-order valence-electron chi connectivity index (χ0n) is 11.7. The van der Waals surface area contributed by atoms with Crippen LogP contribution in [0.4, 0.5) is 0 Å². The molecule has 0 aliphatic carbocycles. The number of ether oxygens (including phenoxy) is 3. The Bertz CT molecular complexity index is 143. The lowest BCUT2D eigenvalue weighted by Gasteiger charge is -2.08. The maximum absolute atomic E-state index is 5.49. The lowest BCUT2D eigenvalue weighted by molar-refractivity contribution is 0.0693. The van der Waals surface area contributed by atoms with Crippen LogP contribution in [0.3, 0.4) is 0 Å². The highest BCUT2D eigenvalue weighted by molar-refractivity contribution is 4.48. The van der Waals surface area contributed by atoms with Crippen molar-refractivity contribution in [1.82, 2.24) is 5.32 Å². The molecule has 0 aliphatic rings. The summed E-state index contributed by atoms with van der Waals surface area (Å²) in [6, 6.07) is 0. The molecule has 4 nitrogen and oxygen atoms in total. The van der Waals surface area contributed by atoms with Crippen LogP contribution in [-0.2, 0) is 14.2 Å². The zero-order valence-corrected chi connectivity index (χ0v) is 11.7. The molecule has 0 saturated heterocycles. The molecule has 0 rings (SSSR count). The van der Waals surface area contributed by atoms with Gasteiger partial charge >= 0.3 is 0 Å². The molecule has 0 amide bonds. The van der Waals surface area contributed by atoms with E-state index < -0.39 is 0 Å². The van der Waals surface area contributed by atoms with Crippen LogP contribution < -0.4 is 5.32 Å². The van der Waals surface area contributed by atoms with Crippen molar-refractivity contribution in [2.45, 2.75) is 26.7 Å². The van der Waals surface area contributed by atoms with Gasteiger partial charge in [-0.25, -0.2) is 0 Å². The molecular weight excluding hydrogens is 218 g/mol. The first-order chi connectivity index (χ1) is 8.27. The molecule has 0 saturated carbocycles. The topological polar surface area (TPSA) is 39.7 Å². The summed E-state index contributed by atoms with van der Waals surface area (Å²) in [6.45, 7) is 10.3. The van der Waals surface area contributed by atoms with Gasteiger partial charge in [-0.15, -0.1) is 0 Å². The molecule has 0 fully saturated rings. The lowest BCUT2D eigenvalue weighted by Crippen LogP contribution is -2.20. The van der Waals surface area contributed by atoms with Crippen LogP contribution in [0.1, 0.15) is 26.7 Å². The molecule has 0 heterocycles. The van der Waals surface area contributed by atoms with Crippen LogP contribution in [-0.4, -0.2) is 53.2 Å². The van der Waals surface area contributed by atoms with Crippen molar-refractivity contribution < 1.29 is 14.2 Å². The highest BCUT2D eigenvalue weighted by atomic mass is 16.5. The molecule has 0 aromatic rings. The Morgan fingerprint density at radius 2 is 1.53 bits per heavy atom. The maximum atomic E-state index is 5.49. The number of methoxy groups -OCH3 is 1. The molecule has 0 aromatic heterocycles. The summed E-state index contributed by atoms with van der Waals surface area (Å²) in [5.74, 6) is 0.632. The first-order valence-electron chi connectivity index (χ1n) is 6.62. The second kappa shape index (κ2) is 13.9. The Morgan fingerprint density at radius 3 is 2.12 bits per heavy atom. The summed E-state index contributed by atoms with van der Waals surface area (Å²) in [4.78, 5) is 0. The van der Waals surface area contributed by atoms with Gasteiger partial charge in [0.05, 0.1) is 13.2 Å². The molecule has 0 unspecified atom stereocenters. The first kappa shape index (κ1) is 16.8. The molecule has 0 spiro atoms. The first-order valence-corrected chi connectivity index (χ1v) is 6.62. The monoisotopic (exact) mass is 247 g/mol. The van der Waals surface area contributed by atoms with E-state index in [1.54, 1.807) is 7.11 Å². The largest absolute Gasteiger partial charge is 0.382 e. The molecule has 17 heavy (non-hydrogen) atoms. The fourth-order valence-electron chi connectivity index (χ4n) is 1.29. The fraction of sp³-hybridized carbons (Fsp3) is 1.00. The van der Waals surface area contributed by atoms with Gasteiger partial charge in [0.2, 0.25) is 0 Å². The van der Waals surface area contributed by atoms with Crippen LogP contribution in [0.5, 0.6) is 0 Å². The van der Waals surface area contributed by atoms with Gasteiger partial charge in [0.1, 0.15) is 0 Å². The molecule has 0 aromatic carbocycles. The summed E-state index contributed by atoms with van der Waals surface area (Å²) in [7, 11) is 1.69. The summed E-state index contributed by atoms with van der Waals surface area (Å²) < 4.78 is 15.7. The van der Waals surface area contributed by atoms with E-state index in [4.69, 9.17) is 14.2 Å². The van der Waals surface area contributed by atoms with E-state index in [0.29, 0.717) is 19.1 Å². The second-order valence-corrected chi connectivity index (χ2v) is 4.53. The van der Waals surface area contributed by atoms with Crippen molar-refractivity contribution >= 4 is 0 Å². The number of hydrogen-bond acceptors (Lipinski definition) is 4. The predicted molar refractivity (Wildman–Crippen MR) is 70.5 cm³/mol. The van der Waals surface area contributed by atoms with E-state index in [-0.39, 0.29) is 0 Å². The molecule has 0 aliphatic heterocycles. The molecular formula is C13H29NO3. The molecule has 0 atom stereocenters. The van der Waals surface area contributed by atoms with Gasteiger partial charge in [-0.3, -0.25) is 0 Å². The van der Waals surface area contributed by atoms with Crippen LogP contribution in [0.2, 0.25) is 0 Å². The molecule has 104 valence electrons. The van der Waals surface area contributed by atoms with Crippen LogP contribution in [0, 0.1) is 5.92 Å². The third-order valence-electron chi connectivity index (χ3n) is 2.17. The van der Waals surface area contributed by atoms with Gasteiger partial charge in [0.25, 0.3) is 0 Å². The normalized spacial score (nSPS) is 11.3. The zero-order chi connectivity index (χ0) is 12.8. The minimum absolute atomic E-state index is 0.632. The summed E-state index contributed by atoms with van der Waals surface area (Å²) in [5, 5.41) is 3.37. The van der Waals surface area contributed by atoms with Crippen molar-refractivity contribution in [3.05, 3.63) is 0 Å². The van der Waals surface area contributed by atoms with Gasteiger partial charge in [-0.1, -0.05) is 13.8 Å². The lowest BCUT2D eigenvalue weighted by atomic mass is 10.2. The van der Waals surface area contributed by atoms with Crippen LogP contribution >= 0.6 is 0 Å². The minimum Gasteiger partial charge on any atom is -0.382 e. The van der Waals surface area contributed by atoms with E-state index in [1.165, 1.54) is 0 Å². The van der Waals surface area contributed by atoms with Crippen molar-refractivity contribution in [3.63, 3.8) is 0 Å². The Balaban J connectivity index is 2.89. The van der Waals surface area contributed by atoms with Crippen LogP contribution in [0.25, 0.3) is 0 Å². The average Bonchev–Trinajstić information content (AvgIpc) is 2.30. The van der Waals surface area contributed by atoms with E-state index in [0.717, 1.165) is 45.8 Å². The third kappa shape index (κ3) is 15.8. The van der Waals surface area contributed by atoms with Crippen molar-refractivity contribution in [2.24, 2.45) is 5.92 Å². The average molecular weight is 247 g/mol. The van der Waals surface area contributed by atoms with E-state index in [2.05, 4.69) is 19.2 Å². The highest BCUT2D eigenvalue weighted by Crippen LogP contribution is 1.92. The van der Waals surface area contributed by atoms with Gasteiger partial charge in [-0.05, 0) is 31.8 Å². The fourth-order valence-corrected chi connectivity index (χ4v) is 1.29. The van der Waals surface area contributed by atoms with E-state index in [9.17, 15) is 0 Å². The van der Waals surface area contributed by atoms with E-state index in [1.807, 2.05) is 0 Å². The van der Waals surface area contributed by atoms with Crippen LogP contribution in [0.15, 0.2) is 0 Å². The van der Waals surface area contributed by atoms with E-state index >= 15 is 0 Å². The number of hydrogen-bond donors (Lipinski definition) is 1. The summed E-state index contributed by atoms with van der Waals surface area (Å²) in [6.07, 6.45) is 2.13. The third-order valence-corrected chi connectivity index (χ3v) is 2.17. The smallest absolute Gasteiger partial charge is 0.0700 e. The summed E-state index contributed by atoms with van der Waals surface area (Å²) >= 11 is 0. The van der Waals surface area contributed by atoms with Crippen molar-refractivity contribution in [3.8, 4) is 0 Å². The highest BCUT2D eigenvalue weighted by Gasteiger charge is 1.94. The Kier molecular flexibility index (Phi) is 13.8. The van der Waals surface area contributed by atoms with Crippen molar-refractivity contribution in [1.29, 1.82) is 0 Å². The summed E-state index contributed by atoms with van der Waals surface area (Å²) in [5.41, 5.74) is 0. The molecule has 4 heteroatoms. The molecule has 0 radical (unpaired) electrons. The quantitative estimate of drug-likeness (QED) is 0.503. The maximum Gasteiger partial charge on any atom is 0.0700 e. The second-order valence-electron chi connectivity index (χ2n) is 4.53. The Hall–Kier alpha value is -0.160. The Morgan fingerprint density at radius 1 is 0.882 bits per heavy atom. The number of nitrogens with one attached hydrogen (secondary N) is 1. The minimum atomic E-state index is 0.632. The van der Waals surface area contributed by atoms with Gasteiger partial charge in [-0.2, -0.15) is 0 Å². The Labute approximate surface area is 106 Å². The van der Waals surface area contributed by atoms with Gasteiger partial charge in [0.15, 0.2) is 0 Å². The SMILES string of the molecule is COCCOCCCNCCCOCC(C)C. The number of rotatable bonds is 13. The molecule has 0 bridgehead atoms.